The fourth-order valence-electron chi connectivity index (χ4n) is 4.95. The number of aromatic nitrogens is 1. The summed E-state index contributed by atoms with van der Waals surface area (Å²) in [6, 6.07) is 29.7. The molecule has 1 atom stereocenters. The minimum Gasteiger partial charge on any atom is -0.455 e. The van der Waals surface area contributed by atoms with Gasteiger partial charge in [-0.05, 0) is 53.6 Å². The number of aliphatic imine (C=N–C) groups is 1. The summed E-state index contributed by atoms with van der Waals surface area (Å²) in [4.78, 5) is 9.43. The van der Waals surface area contributed by atoms with E-state index in [9.17, 15) is 0 Å². The van der Waals surface area contributed by atoms with Crippen molar-refractivity contribution in [2.75, 3.05) is 6.54 Å². The number of rotatable bonds is 6. The first kappa shape index (κ1) is 21.6. The van der Waals surface area contributed by atoms with Crippen LogP contribution in [0.3, 0.4) is 0 Å². The molecule has 2 aromatic heterocycles. The normalized spacial score (nSPS) is 15.5. The Bertz CT molecular complexity index is 1540. The second-order valence-electron chi connectivity index (χ2n) is 8.84. The van der Waals surface area contributed by atoms with E-state index in [1.165, 1.54) is 33.2 Å². The van der Waals surface area contributed by atoms with E-state index in [0.29, 0.717) is 6.54 Å². The number of nitrogens with zero attached hydrogens (tertiary/aromatic N) is 1. The minimum atomic E-state index is 0.0649. The van der Waals surface area contributed by atoms with Crippen LogP contribution < -0.4 is 4.74 Å². The summed E-state index contributed by atoms with van der Waals surface area (Å²) in [5.41, 5.74) is 7.32. The lowest BCUT2D eigenvalue weighted by atomic mass is 9.80. The zero-order valence-electron chi connectivity index (χ0n) is 19.6. The Hall–Kier alpha value is -3.89. The van der Waals surface area contributed by atoms with Crippen molar-refractivity contribution in [1.29, 1.82) is 0 Å². The van der Waals surface area contributed by atoms with Crippen molar-refractivity contribution in [3.8, 4) is 5.75 Å². The van der Waals surface area contributed by atoms with Gasteiger partial charge in [0.25, 0.3) is 0 Å². The molecule has 1 unspecified atom stereocenters. The molecular weight excluding hydrogens is 448 g/mol. The molecule has 0 spiro atoms. The number of allylic oxidation sites excluding steroid dienone is 1. The van der Waals surface area contributed by atoms with Gasteiger partial charge in [0, 0.05) is 46.9 Å². The van der Waals surface area contributed by atoms with E-state index < -0.39 is 0 Å². The number of aromatic amines is 1. The Morgan fingerprint density at radius 2 is 1.71 bits per heavy atom. The number of fused-ring (bicyclic) bond motifs is 2. The molecule has 0 saturated carbocycles. The van der Waals surface area contributed by atoms with Gasteiger partial charge in [-0.3, -0.25) is 4.99 Å². The van der Waals surface area contributed by atoms with Gasteiger partial charge >= 0.3 is 0 Å². The first-order valence-electron chi connectivity index (χ1n) is 11.9. The highest BCUT2D eigenvalue weighted by molar-refractivity contribution is 7.11. The monoisotopic (exact) mass is 474 g/mol. The molecule has 0 aliphatic carbocycles. The summed E-state index contributed by atoms with van der Waals surface area (Å²) < 4.78 is 6.53. The molecular formula is C31H26N2OS. The van der Waals surface area contributed by atoms with E-state index >= 15 is 0 Å². The van der Waals surface area contributed by atoms with Crippen molar-refractivity contribution in [3.05, 3.63) is 129 Å². The van der Waals surface area contributed by atoms with Crippen molar-refractivity contribution in [3.63, 3.8) is 0 Å². The summed E-state index contributed by atoms with van der Waals surface area (Å²) in [6.07, 6.45) is 5.04. The average molecular weight is 475 g/mol. The first-order valence-corrected chi connectivity index (χ1v) is 12.8. The number of hydrogen-bond donors (Lipinski definition) is 1. The zero-order valence-corrected chi connectivity index (χ0v) is 20.4. The van der Waals surface area contributed by atoms with Crippen LogP contribution in [0.2, 0.25) is 0 Å². The summed E-state index contributed by atoms with van der Waals surface area (Å²) in [5.74, 6) is 1.89. The van der Waals surface area contributed by atoms with E-state index in [1.807, 2.05) is 6.07 Å². The second kappa shape index (κ2) is 9.40. The van der Waals surface area contributed by atoms with Gasteiger partial charge in [-0.15, -0.1) is 11.3 Å². The van der Waals surface area contributed by atoms with Crippen molar-refractivity contribution in [2.45, 2.75) is 19.3 Å². The fraction of sp³-hybridized carbons (Fsp3) is 0.129. The van der Waals surface area contributed by atoms with Crippen molar-refractivity contribution < 1.29 is 4.74 Å². The van der Waals surface area contributed by atoms with Crippen LogP contribution in [0.15, 0.2) is 107 Å². The van der Waals surface area contributed by atoms with Gasteiger partial charge in [-0.1, -0.05) is 66.7 Å². The number of H-pyrrole nitrogens is 1. The molecule has 0 saturated heterocycles. The standard InChI is InChI=1S/C31H26N2OS/c1-21-9-2-3-10-23(21)30-25-12-5-7-14-28(25)34-31(29-15-8-18-35-29)26(30)20-32-17-16-22-19-33-27-13-6-4-11-24(22)27/h2-15,18-20,30,33H,16-17H2,1H3. The molecule has 1 aliphatic heterocycles. The maximum Gasteiger partial charge on any atom is 0.150 e. The molecule has 3 aromatic carbocycles. The third-order valence-corrected chi connectivity index (χ3v) is 7.54. The molecule has 3 nitrogen and oxygen atoms in total. The topological polar surface area (TPSA) is 37.4 Å². The number of para-hydroxylation sites is 2. The largest absolute Gasteiger partial charge is 0.455 e. The van der Waals surface area contributed by atoms with E-state index in [0.717, 1.165) is 28.4 Å². The van der Waals surface area contributed by atoms with Gasteiger partial charge < -0.3 is 9.72 Å². The SMILES string of the molecule is Cc1ccccc1C1C(C=NCCc2c[nH]c3ccccc23)=C(c2cccs2)Oc2ccccc21. The zero-order chi connectivity index (χ0) is 23.6. The molecule has 0 bridgehead atoms. The maximum absolute atomic E-state index is 6.53. The number of benzene rings is 3. The number of nitrogens with one attached hydrogen (secondary N) is 1. The lowest BCUT2D eigenvalue weighted by molar-refractivity contribution is 0.490. The van der Waals surface area contributed by atoms with E-state index in [2.05, 4.69) is 109 Å². The number of aryl methyl sites for hydroxylation is 1. The highest BCUT2D eigenvalue weighted by Gasteiger charge is 2.31. The lowest BCUT2D eigenvalue weighted by Gasteiger charge is -2.30. The highest BCUT2D eigenvalue weighted by Crippen LogP contribution is 2.46. The van der Waals surface area contributed by atoms with E-state index in [4.69, 9.17) is 9.73 Å². The van der Waals surface area contributed by atoms with Crippen LogP contribution in [0.25, 0.3) is 16.7 Å². The summed E-state index contributed by atoms with van der Waals surface area (Å²) in [5, 5.41) is 3.37. The number of thiophene rings is 1. The Labute approximate surface area is 209 Å². The quantitative estimate of drug-likeness (QED) is 0.251. The van der Waals surface area contributed by atoms with Crippen LogP contribution >= 0.6 is 11.3 Å². The minimum absolute atomic E-state index is 0.0649. The van der Waals surface area contributed by atoms with Crippen LogP contribution in [0, 0.1) is 6.92 Å². The molecule has 0 fully saturated rings. The Morgan fingerprint density at radius 3 is 2.57 bits per heavy atom. The molecule has 35 heavy (non-hydrogen) atoms. The lowest BCUT2D eigenvalue weighted by Crippen LogP contribution is -2.18. The number of hydrogen-bond acceptors (Lipinski definition) is 3. The first-order chi connectivity index (χ1) is 17.3. The van der Waals surface area contributed by atoms with Crippen molar-refractivity contribution in [1.82, 2.24) is 4.98 Å². The van der Waals surface area contributed by atoms with Crippen LogP contribution in [-0.4, -0.2) is 17.7 Å². The predicted molar refractivity (Wildman–Crippen MR) is 147 cm³/mol. The van der Waals surface area contributed by atoms with Gasteiger partial charge in [0.1, 0.15) is 11.5 Å². The molecule has 4 heteroatoms. The molecule has 0 radical (unpaired) electrons. The number of ether oxygens (including phenoxy) is 1. The molecule has 6 rings (SSSR count). The summed E-state index contributed by atoms with van der Waals surface area (Å²) in [7, 11) is 0. The van der Waals surface area contributed by atoms with Crippen LogP contribution in [0.1, 0.15) is 33.0 Å². The third-order valence-electron chi connectivity index (χ3n) is 6.68. The Morgan fingerprint density at radius 1 is 0.914 bits per heavy atom. The van der Waals surface area contributed by atoms with Crippen molar-refractivity contribution >= 4 is 34.2 Å². The van der Waals surface area contributed by atoms with Gasteiger partial charge in [0.15, 0.2) is 0 Å². The van der Waals surface area contributed by atoms with Gasteiger partial charge in [-0.2, -0.15) is 0 Å². The maximum atomic E-state index is 6.53. The highest BCUT2D eigenvalue weighted by atomic mass is 32.1. The van der Waals surface area contributed by atoms with Gasteiger partial charge in [0.05, 0.1) is 4.88 Å². The molecule has 1 N–H and O–H groups in total. The van der Waals surface area contributed by atoms with Crippen LogP contribution in [-0.2, 0) is 6.42 Å². The molecule has 1 aliphatic rings. The summed E-state index contributed by atoms with van der Waals surface area (Å²) in [6.45, 7) is 2.90. The van der Waals surface area contributed by atoms with Gasteiger partial charge in [-0.25, -0.2) is 0 Å². The van der Waals surface area contributed by atoms with Gasteiger partial charge in [0.2, 0.25) is 0 Å². The molecule has 3 heterocycles. The average Bonchev–Trinajstić information content (AvgIpc) is 3.57. The van der Waals surface area contributed by atoms with E-state index in [-0.39, 0.29) is 5.92 Å². The predicted octanol–water partition coefficient (Wildman–Crippen LogP) is 7.79. The second-order valence-corrected chi connectivity index (χ2v) is 9.78. The van der Waals surface area contributed by atoms with Crippen LogP contribution in [0.5, 0.6) is 5.75 Å². The summed E-state index contributed by atoms with van der Waals surface area (Å²) >= 11 is 1.70. The Kier molecular flexibility index (Phi) is 5.81. The fourth-order valence-corrected chi connectivity index (χ4v) is 5.67. The van der Waals surface area contributed by atoms with Crippen LogP contribution in [0.4, 0.5) is 0 Å². The van der Waals surface area contributed by atoms with Crippen molar-refractivity contribution in [2.24, 2.45) is 4.99 Å². The van der Waals surface area contributed by atoms with E-state index in [1.54, 1.807) is 11.3 Å². The molecule has 172 valence electrons. The molecule has 5 aromatic rings. The Balaban J connectivity index is 1.40. The third kappa shape index (κ3) is 4.11. The smallest absolute Gasteiger partial charge is 0.150 e. The molecule has 0 amide bonds.